The van der Waals surface area contributed by atoms with Gasteiger partial charge in [-0.1, -0.05) is 12.1 Å². The summed E-state index contributed by atoms with van der Waals surface area (Å²) >= 11 is 0. The van der Waals surface area contributed by atoms with E-state index in [9.17, 15) is 9.59 Å². The van der Waals surface area contributed by atoms with E-state index in [0.29, 0.717) is 56.0 Å². The van der Waals surface area contributed by atoms with Gasteiger partial charge in [-0.15, -0.1) is 0 Å². The van der Waals surface area contributed by atoms with Gasteiger partial charge in [-0.05, 0) is 69.1 Å². The molecule has 0 radical (unpaired) electrons. The maximum absolute atomic E-state index is 15.0. The summed E-state index contributed by atoms with van der Waals surface area (Å²) in [5.41, 5.74) is 1.03. The van der Waals surface area contributed by atoms with Gasteiger partial charge in [-0.3, -0.25) is 9.59 Å². The molecule has 1 N–H and O–H groups in total. The average molecular weight is 471 g/mol. The van der Waals surface area contributed by atoms with Crippen molar-refractivity contribution in [1.82, 2.24) is 5.32 Å². The third kappa shape index (κ3) is 4.87. The minimum Gasteiger partial charge on any atom is -0.497 e. The highest BCUT2D eigenvalue weighted by molar-refractivity contribution is 5.97. The molecule has 2 heterocycles. The third-order valence-electron chi connectivity index (χ3n) is 6.62. The number of nitrogens with zero attached hydrogens (tertiary/aromatic N) is 1. The van der Waals surface area contributed by atoms with Crippen molar-refractivity contribution in [3.05, 3.63) is 53.3 Å². The van der Waals surface area contributed by atoms with Gasteiger partial charge < -0.3 is 24.4 Å². The summed E-state index contributed by atoms with van der Waals surface area (Å²) in [6.07, 6.45) is 1.86. The van der Waals surface area contributed by atoms with E-state index in [2.05, 4.69) is 5.32 Å². The summed E-state index contributed by atoms with van der Waals surface area (Å²) in [6, 6.07) is 10.3. The summed E-state index contributed by atoms with van der Waals surface area (Å²) in [5, 5.41) is 3.27. The van der Waals surface area contributed by atoms with E-state index in [4.69, 9.17) is 14.2 Å². The molecule has 2 aromatic rings. The molecule has 1 amide bonds. The smallest absolute Gasteiger partial charge is 0.315 e. The molecule has 7 nitrogen and oxygen atoms in total. The molecule has 182 valence electrons. The van der Waals surface area contributed by atoms with Gasteiger partial charge >= 0.3 is 5.97 Å². The molecule has 0 atom stereocenters. The Morgan fingerprint density at radius 2 is 1.85 bits per heavy atom. The van der Waals surface area contributed by atoms with E-state index in [0.717, 1.165) is 5.56 Å². The predicted octanol–water partition coefficient (Wildman–Crippen LogP) is 3.63. The second kappa shape index (κ2) is 10.4. The molecule has 0 spiro atoms. The number of ether oxygens (including phenoxy) is 3. The molecule has 2 aliphatic heterocycles. The molecule has 0 bridgehead atoms. The molecule has 34 heavy (non-hydrogen) atoms. The number of methoxy groups -OCH3 is 1. The molecule has 2 aliphatic rings. The molecule has 8 heteroatoms. The Balaban J connectivity index is 1.60. The number of rotatable bonds is 8. The SMILES string of the molecule is CCOC(=O)C1(COc2ccc(F)c3c2CCC(=O)N3Cc2ccc(OC)cc2)CCNCC1. The Morgan fingerprint density at radius 1 is 1.12 bits per heavy atom. The van der Waals surface area contributed by atoms with Crippen LogP contribution in [0.3, 0.4) is 0 Å². The van der Waals surface area contributed by atoms with Crippen LogP contribution in [0.1, 0.15) is 37.3 Å². The van der Waals surface area contributed by atoms with E-state index in [1.54, 1.807) is 20.1 Å². The van der Waals surface area contributed by atoms with Crippen LogP contribution in [0.25, 0.3) is 0 Å². The highest BCUT2D eigenvalue weighted by Crippen LogP contribution is 2.39. The zero-order valence-corrected chi connectivity index (χ0v) is 19.7. The molecule has 1 saturated heterocycles. The van der Waals surface area contributed by atoms with Crippen LogP contribution < -0.4 is 19.7 Å². The first-order valence-corrected chi connectivity index (χ1v) is 11.7. The molecule has 2 aromatic carbocycles. The van der Waals surface area contributed by atoms with E-state index < -0.39 is 11.2 Å². The Bertz CT molecular complexity index is 1030. The van der Waals surface area contributed by atoms with Crippen LogP contribution in [0.4, 0.5) is 10.1 Å². The maximum atomic E-state index is 15.0. The number of nitrogens with one attached hydrogen (secondary N) is 1. The first-order valence-electron chi connectivity index (χ1n) is 11.7. The van der Waals surface area contributed by atoms with Crippen LogP contribution in [0, 0.1) is 11.2 Å². The van der Waals surface area contributed by atoms with Crippen molar-refractivity contribution in [1.29, 1.82) is 0 Å². The van der Waals surface area contributed by atoms with Crippen molar-refractivity contribution >= 4 is 17.6 Å². The molecule has 1 fully saturated rings. The number of benzene rings is 2. The van der Waals surface area contributed by atoms with Gasteiger partial charge in [0.25, 0.3) is 0 Å². The minimum absolute atomic E-state index is 0.138. The number of piperidine rings is 1. The lowest BCUT2D eigenvalue weighted by Crippen LogP contribution is -2.47. The lowest BCUT2D eigenvalue weighted by Gasteiger charge is -2.36. The van der Waals surface area contributed by atoms with Crippen molar-refractivity contribution in [3.63, 3.8) is 0 Å². The fourth-order valence-corrected chi connectivity index (χ4v) is 4.64. The van der Waals surface area contributed by atoms with Crippen molar-refractivity contribution < 1.29 is 28.2 Å². The van der Waals surface area contributed by atoms with E-state index in [-0.39, 0.29) is 37.1 Å². The lowest BCUT2D eigenvalue weighted by molar-refractivity contribution is -0.159. The summed E-state index contributed by atoms with van der Waals surface area (Å²) in [4.78, 5) is 27.0. The molecular weight excluding hydrogens is 439 g/mol. The summed E-state index contributed by atoms with van der Waals surface area (Å²) in [7, 11) is 1.59. The van der Waals surface area contributed by atoms with E-state index >= 15 is 4.39 Å². The Labute approximate surface area is 199 Å². The lowest BCUT2D eigenvalue weighted by atomic mass is 9.79. The number of carbonyl (C=O) groups excluding carboxylic acids is 2. The predicted molar refractivity (Wildman–Crippen MR) is 126 cm³/mol. The Hall–Kier alpha value is -3.13. The molecular formula is C26H31FN2O5. The number of carbonyl (C=O) groups is 2. The second-order valence-corrected chi connectivity index (χ2v) is 8.74. The monoisotopic (exact) mass is 470 g/mol. The van der Waals surface area contributed by atoms with E-state index in [1.807, 2.05) is 24.3 Å². The highest BCUT2D eigenvalue weighted by Gasteiger charge is 2.42. The number of hydrogen-bond acceptors (Lipinski definition) is 6. The largest absolute Gasteiger partial charge is 0.497 e. The number of halogens is 1. The first-order chi connectivity index (χ1) is 16.5. The Kier molecular flexibility index (Phi) is 7.36. The van der Waals surface area contributed by atoms with E-state index in [1.165, 1.54) is 11.0 Å². The zero-order valence-electron chi connectivity index (χ0n) is 19.7. The minimum atomic E-state index is -0.740. The quantitative estimate of drug-likeness (QED) is 0.594. The first kappa shape index (κ1) is 24.0. The normalized spacial score (nSPS) is 17.1. The van der Waals surface area contributed by atoms with Gasteiger partial charge in [0, 0.05) is 12.0 Å². The molecule has 4 rings (SSSR count). The van der Waals surface area contributed by atoms with Crippen LogP contribution in [-0.2, 0) is 27.3 Å². The number of amides is 1. The van der Waals surface area contributed by atoms with Crippen molar-refractivity contribution in [3.8, 4) is 11.5 Å². The number of hydrogen-bond donors (Lipinski definition) is 1. The zero-order chi connectivity index (χ0) is 24.1. The fraction of sp³-hybridized carbons (Fsp3) is 0.462. The van der Waals surface area contributed by atoms with Crippen LogP contribution in [0.2, 0.25) is 0 Å². The maximum Gasteiger partial charge on any atom is 0.315 e. The van der Waals surface area contributed by atoms with Crippen LogP contribution in [0.15, 0.2) is 36.4 Å². The van der Waals surface area contributed by atoms with Crippen molar-refractivity contribution in [2.24, 2.45) is 5.41 Å². The van der Waals surface area contributed by atoms with Crippen molar-refractivity contribution in [2.45, 2.75) is 39.2 Å². The average Bonchev–Trinajstić information content (AvgIpc) is 2.86. The van der Waals surface area contributed by atoms with Gasteiger partial charge in [-0.25, -0.2) is 4.39 Å². The highest BCUT2D eigenvalue weighted by atomic mass is 19.1. The summed E-state index contributed by atoms with van der Waals surface area (Å²) in [6.45, 7) is 3.90. The third-order valence-corrected chi connectivity index (χ3v) is 6.62. The fourth-order valence-electron chi connectivity index (χ4n) is 4.64. The molecule has 0 aromatic heterocycles. The molecule has 0 aliphatic carbocycles. The second-order valence-electron chi connectivity index (χ2n) is 8.74. The number of anilines is 1. The molecule has 0 unspecified atom stereocenters. The Morgan fingerprint density at radius 3 is 2.53 bits per heavy atom. The van der Waals surface area contributed by atoms with Gasteiger partial charge in [0.2, 0.25) is 5.91 Å². The number of fused-ring (bicyclic) bond motifs is 1. The van der Waals surface area contributed by atoms with Crippen LogP contribution in [-0.4, -0.2) is 45.3 Å². The van der Waals surface area contributed by atoms with Crippen LogP contribution >= 0.6 is 0 Å². The van der Waals surface area contributed by atoms with Gasteiger partial charge in [0.15, 0.2) is 0 Å². The van der Waals surface area contributed by atoms with Crippen molar-refractivity contribution in [2.75, 3.05) is 38.3 Å². The summed E-state index contributed by atoms with van der Waals surface area (Å²) in [5.74, 6) is 0.352. The van der Waals surface area contributed by atoms with Gasteiger partial charge in [0.1, 0.15) is 29.3 Å². The number of esters is 1. The molecule has 0 saturated carbocycles. The topological polar surface area (TPSA) is 77.1 Å². The summed E-state index contributed by atoms with van der Waals surface area (Å²) < 4.78 is 31.8. The standard InChI is InChI=1S/C26H31FN2O5/c1-3-33-25(31)26(12-14-28-15-13-26)17-34-22-10-9-21(27)24-20(22)8-11-23(30)29(24)16-18-4-6-19(32-2)7-5-18/h4-7,9-10,28H,3,8,11-17H2,1-2H3. The van der Waals surface area contributed by atoms with Crippen LogP contribution in [0.5, 0.6) is 11.5 Å². The van der Waals surface area contributed by atoms with Gasteiger partial charge in [0.05, 0.1) is 25.9 Å². The van der Waals surface area contributed by atoms with Gasteiger partial charge in [-0.2, -0.15) is 0 Å².